The molecule has 106 valence electrons. The second-order valence-electron chi connectivity index (χ2n) is 4.61. The van der Waals surface area contributed by atoms with Gasteiger partial charge in [0.1, 0.15) is 5.82 Å². The second-order valence-corrected chi connectivity index (χ2v) is 5.60. The monoisotopic (exact) mass is 302 g/mol. The molecular formula is C15H11FN2O2S. The standard InChI is InChI=1S/C15H11FN2O2S/c16-11-7-9(5-6-12(11)17)8-18-14(19)10-3-1-2-4-13(10)21-15(18)20/h1-7H,8,17H2. The maximum Gasteiger partial charge on any atom is 0.310 e. The van der Waals surface area contributed by atoms with Gasteiger partial charge in [-0.05, 0) is 29.8 Å². The number of rotatable bonds is 2. The zero-order chi connectivity index (χ0) is 15.0. The molecule has 0 fully saturated rings. The molecule has 0 saturated carbocycles. The van der Waals surface area contributed by atoms with Gasteiger partial charge < -0.3 is 5.73 Å². The molecule has 21 heavy (non-hydrogen) atoms. The maximum atomic E-state index is 13.4. The summed E-state index contributed by atoms with van der Waals surface area (Å²) < 4.78 is 15.2. The Labute approximate surface area is 122 Å². The van der Waals surface area contributed by atoms with Gasteiger partial charge in [-0.15, -0.1) is 0 Å². The van der Waals surface area contributed by atoms with Crippen LogP contribution in [0.2, 0.25) is 0 Å². The highest BCUT2D eigenvalue weighted by Crippen LogP contribution is 2.14. The molecule has 1 heterocycles. The van der Waals surface area contributed by atoms with E-state index in [4.69, 9.17) is 5.73 Å². The summed E-state index contributed by atoms with van der Waals surface area (Å²) in [5, 5.41) is 0.484. The first kappa shape index (κ1) is 13.5. The molecule has 2 aromatic carbocycles. The molecule has 0 bridgehead atoms. The average Bonchev–Trinajstić information content (AvgIpc) is 2.47. The summed E-state index contributed by atoms with van der Waals surface area (Å²) in [4.78, 5) is 24.1. The first-order valence-corrected chi connectivity index (χ1v) is 7.04. The van der Waals surface area contributed by atoms with E-state index in [0.717, 1.165) is 15.9 Å². The highest BCUT2D eigenvalue weighted by atomic mass is 32.1. The molecule has 0 atom stereocenters. The van der Waals surface area contributed by atoms with Crippen LogP contribution in [0.5, 0.6) is 0 Å². The van der Waals surface area contributed by atoms with E-state index in [0.29, 0.717) is 15.6 Å². The Balaban J connectivity index is 2.14. The predicted molar refractivity (Wildman–Crippen MR) is 82.3 cm³/mol. The molecule has 6 heteroatoms. The Morgan fingerprint density at radius 1 is 1.14 bits per heavy atom. The Morgan fingerprint density at radius 3 is 2.67 bits per heavy atom. The molecule has 0 aliphatic rings. The molecule has 0 aliphatic heterocycles. The van der Waals surface area contributed by atoms with E-state index in [1.54, 1.807) is 30.3 Å². The Bertz CT molecular complexity index is 946. The third kappa shape index (κ3) is 2.45. The fraction of sp³-hybridized carbons (Fsp3) is 0.0667. The van der Waals surface area contributed by atoms with Crippen molar-refractivity contribution >= 4 is 27.1 Å². The molecule has 1 aromatic heterocycles. The average molecular weight is 302 g/mol. The van der Waals surface area contributed by atoms with Crippen molar-refractivity contribution < 1.29 is 4.39 Å². The number of hydrogen-bond acceptors (Lipinski definition) is 4. The Kier molecular flexibility index (Phi) is 3.31. The third-order valence-electron chi connectivity index (χ3n) is 3.19. The summed E-state index contributed by atoms with van der Waals surface area (Å²) in [5.41, 5.74) is 5.60. The van der Waals surface area contributed by atoms with Crippen LogP contribution in [0.1, 0.15) is 5.56 Å². The van der Waals surface area contributed by atoms with Gasteiger partial charge in [0.15, 0.2) is 0 Å². The molecule has 0 aliphatic carbocycles. The van der Waals surface area contributed by atoms with E-state index in [1.807, 2.05) is 0 Å². The second kappa shape index (κ2) is 5.14. The van der Waals surface area contributed by atoms with Crippen molar-refractivity contribution in [1.82, 2.24) is 4.57 Å². The smallest absolute Gasteiger partial charge is 0.310 e. The van der Waals surface area contributed by atoms with E-state index < -0.39 is 5.82 Å². The SMILES string of the molecule is Nc1ccc(Cn2c(=O)sc3ccccc3c2=O)cc1F. The Morgan fingerprint density at radius 2 is 1.90 bits per heavy atom. The van der Waals surface area contributed by atoms with Crippen LogP contribution in [-0.4, -0.2) is 4.57 Å². The van der Waals surface area contributed by atoms with Gasteiger partial charge >= 0.3 is 4.87 Å². The van der Waals surface area contributed by atoms with Crippen molar-refractivity contribution in [1.29, 1.82) is 0 Å². The number of halogens is 1. The number of nitrogens with zero attached hydrogens (tertiary/aromatic N) is 1. The van der Waals surface area contributed by atoms with Crippen molar-refractivity contribution in [2.45, 2.75) is 6.54 Å². The molecular weight excluding hydrogens is 291 g/mol. The summed E-state index contributed by atoms with van der Waals surface area (Å²) >= 11 is 0.998. The molecule has 0 amide bonds. The van der Waals surface area contributed by atoms with Crippen LogP contribution in [-0.2, 0) is 6.54 Å². The van der Waals surface area contributed by atoms with Crippen LogP contribution in [0.15, 0.2) is 52.1 Å². The zero-order valence-electron chi connectivity index (χ0n) is 10.9. The molecule has 0 saturated heterocycles. The van der Waals surface area contributed by atoms with Crippen LogP contribution in [0.4, 0.5) is 10.1 Å². The number of benzene rings is 2. The largest absolute Gasteiger partial charge is 0.396 e. The molecule has 3 rings (SSSR count). The minimum Gasteiger partial charge on any atom is -0.396 e. The summed E-state index contributed by atoms with van der Waals surface area (Å²) in [6.07, 6.45) is 0. The quantitative estimate of drug-likeness (QED) is 0.738. The van der Waals surface area contributed by atoms with Gasteiger partial charge in [-0.25, -0.2) is 4.39 Å². The molecule has 0 unspecified atom stereocenters. The first-order valence-electron chi connectivity index (χ1n) is 6.23. The van der Waals surface area contributed by atoms with E-state index in [2.05, 4.69) is 0 Å². The van der Waals surface area contributed by atoms with Crippen molar-refractivity contribution in [3.05, 3.63) is 73.9 Å². The van der Waals surface area contributed by atoms with Crippen molar-refractivity contribution in [2.24, 2.45) is 0 Å². The van der Waals surface area contributed by atoms with Crippen LogP contribution in [0, 0.1) is 5.82 Å². The van der Waals surface area contributed by atoms with Crippen molar-refractivity contribution in [2.75, 3.05) is 5.73 Å². The van der Waals surface area contributed by atoms with Crippen LogP contribution < -0.4 is 16.2 Å². The number of nitrogens with two attached hydrogens (primary N) is 1. The van der Waals surface area contributed by atoms with Gasteiger partial charge in [0.25, 0.3) is 5.56 Å². The fourth-order valence-electron chi connectivity index (χ4n) is 2.10. The minimum absolute atomic E-state index is 0.0240. The van der Waals surface area contributed by atoms with E-state index in [9.17, 15) is 14.0 Å². The third-order valence-corrected chi connectivity index (χ3v) is 4.16. The van der Waals surface area contributed by atoms with E-state index >= 15 is 0 Å². The molecule has 2 N–H and O–H groups in total. The van der Waals surface area contributed by atoms with Crippen molar-refractivity contribution in [3.63, 3.8) is 0 Å². The lowest BCUT2D eigenvalue weighted by molar-refractivity contribution is 0.627. The molecule has 0 radical (unpaired) electrons. The summed E-state index contributed by atoms with van der Waals surface area (Å²) in [7, 11) is 0. The Hall–Kier alpha value is -2.47. The summed E-state index contributed by atoms with van der Waals surface area (Å²) in [5.74, 6) is -0.558. The van der Waals surface area contributed by atoms with Gasteiger partial charge in [-0.3, -0.25) is 14.2 Å². The van der Waals surface area contributed by atoms with Crippen molar-refractivity contribution in [3.8, 4) is 0 Å². The zero-order valence-corrected chi connectivity index (χ0v) is 11.7. The highest BCUT2D eigenvalue weighted by Gasteiger charge is 2.09. The minimum atomic E-state index is -0.558. The number of anilines is 1. The van der Waals surface area contributed by atoms with Gasteiger partial charge in [0.05, 0.1) is 17.6 Å². The van der Waals surface area contributed by atoms with Gasteiger partial charge in [-0.2, -0.15) is 0 Å². The number of hydrogen-bond donors (Lipinski definition) is 1. The summed E-state index contributed by atoms with van der Waals surface area (Å²) in [6, 6.07) is 11.2. The first-order chi connectivity index (χ1) is 10.1. The highest BCUT2D eigenvalue weighted by molar-refractivity contribution is 7.16. The van der Waals surface area contributed by atoms with Gasteiger partial charge in [0.2, 0.25) is 0 Å². The van der Waals surface area contributed by atoms with Crippen LogP contribution in [0.25, 0.3) is 10.1 Å². The van der Waals surface area contributed by atoms with E-state index in [-0.39, 0.29) is 22.7 Å². The fourth-order valence-corrected chi connectivity index (χ4v) is 2.96. The molecule has 3 aromatic rings. The van der Waals surface area contributed by atoms with Gasteiger partial charge in [0, 0.05) is 4.70 Å². The molecule has 0 spiro atoms. The van der Waals surface area contributed by atoms with Crippen LogP contribution in [0.3, 0.4) is 0 Å². The predicted octanol–water partition coefficient (Wildman–Crippen LogP) is 2.19. The number of aromatic nitrogens is 1. The number of nitrogen functional groups attached to an aromatic ring is 1. The van der Waals surface area contributed by atoms with Gasteiger partial charge in [-0.1, -0.05) is 29.5 Å². The topological polar surface area (TPSA) is 65.1 Å². The van der Waals surface area contributed by atoms with Crippen LogP contribution >= 0.6 is 11.3 Å². The lowest BCUT2D eigenvalue weighted by Crippen LogP contribution is -2.31. The summed E-state index contributed by atoms with van der Waals surface area (Å²) in [6.45, 7) is 0.0240. The van der Waals surface area contributed by atoms with E-state index in [1.165, 1.54) is 12.1 Å². The lowest BCUT2D eigenvalue weighted by atomic mass is 10.2. The normalized spacial score (nSPS) is 10.9. The number of fused-ring (bicyclic) bond motifs is 1. The molecule has 4 nitrogen and oxygen atoms in total. The maximum absolute atomic E-state index is 13.4. The lowest BCUT2D eigenvalue weighted by Gasteiger charge is -2.06.